The Morgan fingerprint density at radius 1 is 1.31 bits per heavy atom. The first kappa shape index (κ1) is 13.9. The van der Waals surface area contributed by atoms with Gasteiger partial charge in [-0.05, 0) is 33.2 Å². The zero-order chi connectivity index (χ0) is 12.1. The molecule has 1 heterocycles. The second kappa shape index (κ2) is 6.58. The molecular weight excluding hydrogens is 198 g/mol. The lowest BCUT2D eigenvalue weighted by atomic mass is 10.0. The fourth-order valence-corrected chi connectivity index (χ4v) is 2.17. The molecule has 1 saturated heterocycles. The van der Waals surface area contributed by atoms with Crippen molar-refractivity contribution in [2.45, 2.75) is 46.2 Å². The number of hydrogen-bond donors (Lipinski definition) is 1. The van der Waals surface area contributed by atoms with Gasteiger partial charge in [-0.1, -0.05) is 13.8 Å². The van der Waals surface area contributed by atoms with Gasteiger partial charge in [0.05, 0.1) is 0 Å². The van der Waals surface area contributed by atoms with Crippen molar-refractivity contribution >= 4 is 0 Å². The highest BCUT2D eigenvalue weighted by molar-refractivity contribution is 4.85. The SMILES string of the molecule is CC(C)CN1CCC1CN(C)CNC(C)C. The number of likely N-dealkylation sites (N-methyl/N-ethyl adjacent to an activating group) is 1. The Morgan fingerprint density at radius 3 is 2.44 bits per heavy atom. The minimum Gasteiger partial charge on any atom is -0.302 e. The van der Waals surface area contributed by atoms with Crippen LogP contribution in [0, 0.1) is 5.92 Å². The molecule has 1 aliphatic rings. The van der Waals surface area contributed by atoms with Crippen LogP contribution in [0.15, 0.2) is 0 Å². The number of nitrogens with zero attached hydrogens (tertiary/aromatic N) is 2. The summed E-state index contributed by atoms with van der Waals surface area (Å²) in [5.41, 5.74) is 0. The van der Waals surface area contributed by atoms with Gasteiger partial charge in [0.15, 0.2) is 0 Å². The van der Waals surface area contributed by atoms with Crippen LogP contribution in [0.4, 0.5) is 0 Å². The van der Waals surface area contributed by atoms with E-state index in [1.165, 1.54) is 26.1 Å². The normalized spacial score (nSPS) is 22.1. The van der Waals surface area contributed by atoms with E-state index in [2.05, 4.69) is 49.9 Å². The second-order valence-electron chi connectivity index (χ2n) is 5.89. The smallest absolute Gasteiger partial charge is 0.0480 e. The van der Waals surface area contributed by atoms with Gasteiger partial charge in [-0.3, -0.25) is 9.80 Å². The van der Waals surface area contributed by atoms with E-state index in [1.54, 1.807) is 0 Å². The van der Waals surface area contributed by atoms with Crippen LogP contribution in [0.5, 0.6) is 0 Å². The fraction of sp³-hybridized carbons (Fsp3) is 1.00. The van der Waals surface area contributed by atoms with Crippen molar-refractivity contribution in [1.82, 2.24) is 15.1 Å². The van der Waals surface area contributed by atoms with Gasteiger partial charge >= 0.3 is 0 Å². The largest absolute Gasteiger partial charge is 0.302 e. The van der Waals surface area contributed by atoms with Crippen LogP contribution in [0.25, 0.3) is 0 Å². The van der Waals surface area contributed by atoms with Crippen LogP contribution >= 0.6 is 0 Å². The minimum atomic E-state index is 0.579. The molecule has 1 unspecified atom stereocenters. The van der Waals surface area contributed by atoms with E-state index >= 15 is 0 Å². The highest BCUT2D eigenvalue weighted by Crippen LogP contribution is 2.19. The summed E-state index contributed by atoms with van der Waals surface area (Å²) in [4.78, 5) is 5.02. The molecule has 0 bridgehead atoms. The molecule has 3 nitrogen and oxygen atoms in total. The molecule has 96 valence electrons. The van der Waals surface area contributed by atoms with Crippen molar-refractivity contribution in [2.24, 2.45) is 5.92 Å². The summed E-state index contributed by atoms with van der Waals surface area (Å²) in [6, 6.07) is 1.37. The molecule has 1 fully saturated rings. The van der Waals surface area contributed by atoms with Gasteiger partial charge in [0.1, 0.15) is 0 Å². The lowest BCUT2D eigenvalue weighted by Gasteiger charge is -2.43. The molecule has 0 spiro atoms. The van der Waals surface area contributed by atoms with Crippen LogP contribution in [-0.4, -0.2) is 55.2 Å². The summed E-state index contributed by atoms with van der Waals surface area (Å²) >= 11 is 0. The molecule has 0 aliphatic carbocycles. The highest BCUT2D eigenvalue weighted by Gasteiger charge is 2.28. The monoisotopic (exact) mass is 227 g/mol. The molecular formula is C13H29N3. The Hall–Kier alpha value is -0.120. The van der Waals surface area contributed by atoms with Crippen molar-refractivity contribution in [3.05, 3.63) is 0 Å². The number of likely N-dealkylation sites (tertiary alicyclic amines) is 1. The molecule has 0 aromatic rings. The molecule has 0 aromatic heterocycles. The topological polar surface area (TPSA) is 18.5 Å². The Labute approximate surface area is 101 Å². The Balaban J connectivity index is 2.16. The zero-order valence-electron chi connectivity index (χ0n) is 11.7. The summed E-state index contributed by atoms with van der Waals surface area (Å²) in [5, 5.41) is 3.46. The number of hydrogen-bond acceptors (Lipinski definition) is 3. The maximum atomic E-state index is 3.46. The minimum absolute atomic E-state index is 0.579. The Morgan fingerprint density at radius 2 is 2.00 bits per heavy atom. The van der Waals surface area contributed by atoms with Crippen molar-refractivity contribution in [2.75, 3.05) is 33.4 Å². The Bertz CT molecular complexity index is 192. The molecule has 1 aliphatic heterocycles. The lowest BCUT2D eigenvalue weighted by Crippen LogP contribution is -2.54. The first-order valence-corrected chi connectivity index (χ1v) is 6.65. The predicted octanol–water partition coefficient (Wildman–Crippen LogP) is 1.60. The van der Waals surface area contributed by atoms with Crippen LogP contribution in [-0.2, 0) is 0 Å². The van der Waals surface area contributed by atoms with Gasteiger partial charge in [0, 0.05) is 38.4 Å². The standard InChI is InChI=1S/C13H29N3/c1-11(2)8-16-7-6-13(16)9-15(5)10-14-12(3)4/h11-14H,6-10H2,1-5H3. The van der Waals surface area contributed by atoms with Gasteiger partial charge in [-0.2, -0.15) is 0 Å². The van der Waals surface area contributed by atoms with Gasteiger partial charge < -0.3 is 5.32 Å². The average Bonchev–Trinajstić information content (AvgIpc) is 2.18. The molecule has 16 heavy (non-hydrogen) atoms. The summed E-state index contributed by atoms with van der Waals surface area (Å²) in [5.74, 6) is 0.793. The molecule has 3 heteroatoms. The molecule has 0 radical (unpaired) electrons. The highest BCUT2D eigenvalue weighted by atomic mass is 15.3. The summed E-state index contributed by atoms with van der Waals surface area (Å²) in [7, 11) is 2.21. The van der Waals surface area contributed by atoms with E-state index < -0.39 is 0 Å². The van der Waals surface area contributed by atoms with Crippen molar-refractivity contribution < 1.29 is 0 Å². The molecule has 0 amide bonds. The number of nitrogens with one attached hydrogen (secondary N) is 1. The summed E-state index contributed by atoms with van der Waals surface area (Å²) in [6.07, 6.45) is 1.37. The van der Waals surface area contributed by atoms with E-state index in [-0.39, 0.29) is 0 Å². The lowest BCUT2D eigenvalue weighted by molar-refractivity contribution is 0.0502. The van der Waals surface area contributed by atoms with E-state index in [1.807, 2.05) is 0 Å². The maximum absolute atomic E-state index is 3.46. The van der Waals surface area contributed by atoms with E-state index in [0.717, 1.165) is 18.6 Å². The number of rotatable bonds is 7. The van der Waals surface area contributed by atoms with Gasteiger partial charge in [0.2, 0.25) is 0 Å². The van der Waals surface area contributed by atoms with E-state index in [4.69, 9.17) is 0 Å². The summed E-state index contributed by atoms with van der Waals surface area (Å²) in [6.45, 7) is 13.8. The average molecular weight is 227 g/mol. The van der Waals surface area contributed by atoms with Crippen LogP contribution in [0.1, 0.15) is 34.1 Å². The van der Waals surface area contributed by atoms with Crippen molar-refractivity contribution in [3.63, 3.8) is 0 Å². The van der Waals surface area contributed by atoms with Gasteiger partial charge in [0.25, 0.3) is 0 Å². The molecule has 1 N–H and O–H groups in total. The van der Waals surface area contributed by atoms with Crippen LogP contribution in [0.2, 0.25) is 0 Å². The molecule has 1 atom stereocenters. The zero-order valence-corrected chi connectivity index (χ0v) is 11.7. The fourth-order valence-electron chi connectivity index (χ4n) is 2.17. The molecule has 0 aromatic carbocycles. The van der Waals surface area contributed by atoms with Gasteiger partial charge in [-0.25, -0.2) is 0 Å². The van der Waals surface area contributed by atoms with E-state index in [0.29, 0.717) is 6.04 Å². The van der Waals surface area contributed by atoms with Crippen LogP contribution < -0.4 is 5.32 Å². The third-order valence-electron chi connectivity index (χ3n) is 3.16. The molecule has 0 saturated carbocycles. The van der Waals surface area contributed by atoms with Crippen LogP contribution in [0.3, 0.4) is 0 Å². The maximum Gasteiger partial charge on any atom is 0.0480 e. The first-order valence-electron chi connectivity index (χ1n) is 6.65. The molecule has 1 rings (SSSR count). The Kier molecular flexibility index (Phi) is 5.73. The van der Waals surface area contributed by atoms with Crippen molar-refractivity contribution in [1.29, 1.82) is 0 Å². The predicted molar refractivity (Wildman–Crippen MR) is 70.6 cm³/mol. The van der Waals surface area contributed by atoms with E-state index in [9.17, 15) is 0 Å². The second-order valence-corrected chi connectivity index (χ2v) is 5.89. The summed E-state index contributed by atoms with van der Waals surface area (Å²) < 4.78 is 0. The van der Waals surface area contributed by atoms with Crippen molar-refractivity contribution in [3.8, 4) is 0 Å². The third-order valence-corrected chi connectivity index (χ3v) is 3.16. The van der Waals surface area contributed by atoms with Gasteiger partial charge in [-0.15, -0.1) is 0 Å². The quantitative estimate of drug-likeness (QED) is 0.667. The first-order chi connectivity index (χ1) is 7.49. The third kappa shape index (κ3) is 4.81.